The van der Waals surface area contributed by atoms with Crippen LogP contribution < -0.4 is 5.56 Å². The maximum absolute atomic E-state index is 12.5. The molecule has 0 bridgehead atoms. The highest BCUT2D eigenvalue weighted by molar-refractivity contribution is 7.71. The number of nitrogens with one attached hydrogen (secondary N) is 1. The van der Waals surface area contributed by atoms with Crippen LogP contribution in [0.5, 0.6) is 0 Å². The molecule has 0 unspecified atom stereocenters. The molecule has 1 N–H and O–H groups in total. The second kappa shape index (κ2) is 6.53. The van der Waals surface area contributed by atoms with Crippen molar-refractivity contribution in [3.05, 3.63) is 26.1 Å². The molecule has 0 aliphatic heterocycles. The minimum Gasteiger partial charge on any atom is -0.342 e. The summed E-state index contributed by atoms with van der Waals surface area (Å²) >= 11 is 6.77. The summed E-state index contributed by atoms with van der Waals surface area (Å²) < 4.78 is 1.65. The molecule has 0 saturated heterocycles. The molecule has 0 aromatic carbocycles. The van der Waals surface area contributed by atoms with Crippen molar-refractivity contribution in [2.75, 3.05) is 13.1 Å². The van der Waals surface area contributed by atoms with Crippen molar-refractivity contribution < 1.29 is 4.79 Å². The van der Waals surface area contributed by atoms with Crippen LogP contribution in [0.15, 0.2) is 10.9 Å². The van der Waals surface area contributed by atoms with Gasteiger partial charge in [0.15, 0.2) is 4.77 Å². The molecule has 0 spiro atoms. The third-order valence-electron chi connectivity index (χ3n) is 3.48. The van der Waals surface area contributed by atoms with Crippen LogP contribution in [0.2, 0.25) is 0 Å². The number of likely N-dealkylation sites (N-methyl/N-ethyl adjacent to an activating group) is 1. The van der Waals surface area contributed by atoms with Gasteiger partial charge < -0.3 is 9.88 Å². The van der Waals surface area contributed by atoms with Crippen LogP contribution in [0.25, 0.3) is 10.2 Å². The van der Waals surface area contributed by atoms with Gasteiger partial charge in [-0.2, -0.15) is 0 Å². The van der Waals surface area contributed by atoms with Crippen molar-refractivity contribution in [1.29, 1.82) is 0 Å². The van der Waals surface area contributed by atoms with Crippen LogP contribution in [0.3, 0.4) is 0 Å². The van der Waals surface area contributed by atoms with E-state index in [0.29, 0.717) is 23.2 Å². The van der Waals surface area contributed by atoms with Crippen molar-refractivity contribution in [3.63, 3.8) is 0 Å². The zero-order valence-electron chi connectivity index (χ0n) is 12.4. The Balaban J connectivity index is 2.47. The molecular formula is C14H19N3O2S2. The average molecular weight is 325 g/mol. The summed E-state index contributed by atoms with van der Waals surface area (Å²) in [5.41, 5.74) is -0.190. The fourth-order valence-corrected chi connectivity index (χ4v) is 3.53. The number of aromatic nitrogens is 2. The summed E-state index contributed by atoms with van der Waals surface area (Å²) in [5, 5.41) is 0.609. The Morgan fingerprint density at radius 1 is 1.38 bits per heavy atom. The van der Waals surface area contributed by atoms with Crippen molar-refractivity contribution in [1.82, 2.24) is 14.5 Å². The number of rotatable bonds is 5. The highest BCUT2D eigenvalue weighted by Gasteiger charge is 2.15. The van der Waals surface area contributed by atoms with Gasteiger partial charge in [-0.25, -0.2) is 0 Å². The topological polar surface area (TPSA) is 58.1 Å². The lowest BCUT2D eigenvalue weighted by atomic mass is 10.3. The van der Waals surface area contributed by atoms with Gasteiger partial charge in [0.2, 0.25) is 5.91 Å². The number of carbonyl (C=O) groups is 1. The lowest BCUT2D eigenvalue weighted by molar-refractivity contribution is -0.131. The van der Waals surface area contributed by atoms with Gasteiger partial charge in [0, 0.05) is 18.0 Å². The van der Waals surface area contributed by atoms with Gasteiger partial charge in [0.1, 0.15) is 11.4 Å². The SMILES string of the molecule is CCc1cc2c(=O)n(CC(=O)N(CC)CC)c(=S)[nH]c2s1. The van der Waals surface area contributed by atoms with E-state index in [0.717, 1.165) is 16.1 Å². The molecule has 0 aliphatic carbocycles. The molecule has 0 fully saturated rings. The number of nitrogens with zero attached hydrogens (tertiary/aromatic N) is 2. The predicted octanol–water partition coefficient (Wildman–Crippen LogP) is 2.55. The Kier molecular flexibility index (Phi) is 4.95. The van der Waals surface area contributed by atoms with Crippen molar-refractivity contribution >= 4 is 39.7 Å². The smallest absolute Gasteiger partial charge is 0.263 e. The molecule has 0 radical (unpaired) electrons. The second-order valence-corrected chi connectivity index (χ2v) is 6.22. The number of amides is 1. The molecule has 2 rings (SSSR count). The minimum absolute atomic E-state index is 0.0108. The van der Waals surface area contributed by atoms with Crippen molar-refractivity contribution in [2.24, 2.45) is 0 Å². The van der Waals surface area contributed by atoms with Crippen LogP contribution in [-0.2, 0) is 17.8 Å². The summed E-state index contributed by atoms with van der Waals surface area (Å²) in [6, 6.07) is 1.88. The molecule has 2 aromatic rings. The molecule has 0 atom stereocenters. The maximum atomic E-state index is 12.5. The van der Waals surface area contributed by atoms with Crippen molar-refractivity contribution in [2.45, 2.75) is 33.7 Å². The third kappa shape index (κ3) is 3.08. The first-order valence-electron chi connectivity index (χ1n) is 7.05. The predicted molar refractivity (Wildman–Crippen MR) is 88.6 cm³/mol. The molecule has 0 aliphatic rings. The number of thiophene rings is 1. The van der Waals surface area contributed by atoms with Crippen LogP contribution in [-0.4, -0.2) is 33.4 Å². The Morgan fingerprint density at radius 3 is 2.62 bits per heavy atom. The highest BCUT2D eigenvalue weighted by Crippen LogP contribution is 2.21. The van der Waals surface area contributed by atoms with E-state index in [9.17, 15) is 9.59 Å². The van der Waals surface area contributed by atoms with Gasteiger partial charge in [0.05, 0.1) is 5.39 Å². The van der Waals surface area contributed by atoms with Crippen molar-refractivity contribution in [3.8, 4) is 0 Å². The van der Waals surface area contributed by atoms with E-state index >= 15 is 0 Å². The Morgan fingerprint density at radius 2 is 2.05 bits per heavy atom. The molecule has 114 valence electrons. The summed E-state index contributed by atoms with van der Waals surface area (Å²) in [6.45, 7) is 7.12. The first-order chi connectivity index (χ1) is 10.0. The van der Waals surface area contributed by atoms with Gasteiger partial charge in [-0.15, -0.1) is 11.3 Å². The number of fused-ring (bicyclic) bond motifs is 1. The van der Waals surface area contributed by atoms with Gasteiger partial charge in [-0.05, 0) is 38.6 Å². The number of H-pyrrole nitrogens is 1. The van der Waals surface area contributed by atoms with E-state index in [1.807, 2.05) is 26.8 Å². The van der Waals surface area contributed by atoms with Gasteiger partial charge in [-0.3, -0.25) is 14.2 Å². The first-order valence-corrected chi connectivity index (χ1v) is 8.27. The van der Waals surface area contributed by atoms with Crippen LogP contribution >= 0.6 is 23.6 Å². The number of aryl methyl sites for hydroxylation is 1. The highest BCUT2D eigenvalue weighted by atomic mass is 32.1. The van der Waals surface area contributed by atoms with E-state index in [1.54, 1.807) is 4.90 Å². The van der Waals surface area contributed by atoms with E-state index in [1.165, 1.54) is 15.9 Å². The maximum Gasteiger partial charge on any atom is 0.263 e. The fourth-order valence-electron chi connectivity index (χ4n) is 2.23. The molecule has 2 aromatic heterocycles. The molecule has 21 heavy (non-hydrogen) atoms. The Bertz CT molecular complexity index is 769. The van der Waals surface area contributed by atoms with Crippen LogP contribution in [0.1, 0.15) is 25.6 Å². The number of aromatic amines is 1. The quantitative estimate of drug-likeness (QED) is 0.860. The number of carbonyl (C=O) groups excluding carboxylic acids is 1. The molecule has 5 nitrogen and oxygen atoms in total. The number of hydrogen-bond donors (Lipinski definition) is 1. The monoisotopic (exact) mass is 325 g/mol. The largest absolute Gasteiger partial charge is 0.342 e. The molecule has 0 saturated carbocycles. The summed E-state index contributed by atoms with van der Waals surface area (Å²) in [6.07, 6.45) is 0.873. The molecule has 2 heterocycles. The zero-order valence-corrected chi connectivity index (χ0v) is 14.1. The number of hydrogen-bond acceptors (Lipinski definition) is 4. The normalized spacial score (nSPS) is 11.0. The zero-order chi connectivity index (χ0) is 15.6. The minimum atomic E-state index is -0.190. The van der Waals surface area contributed by atoms with Gasteiger partial charge >= 0.3 is 0 Å². The van der Waals surface area contributed by atoms with E-state index in [2.05, 4.69) is 4.98 Å². The Labute approximate surface area is 132 Å². The van der Waals surface area contributed by atoms with Gasteiger partial charge in [-0.1, -0.05) is 6.92 Å². The standard InChI is InChI=1S/C14H19N3O2S2/c1-4-9-7-10-12(21-9)15-14(20)17(13(10)19)8-11(18)16(5-2)6-3/h7H,4-6,8H2,1-3H3,(H,15,20). The van der Waals surface area contributed by atoms with Crippen LogP contribution in [0, 0.1) is 4.77 Å². The second-order valence-electron chi connectivity index (χ2n) is 4.70. The third-order valence-corrected chi connectivity index (χ3v) is 5.00. The summed E-state index contributed by atoms with van der Waals surface area (Å²) in [5.74, 6) is -0.0908. The fraction of sp³-hybridized carbons (Fsp3) is 0.500. The Hall–Kier alpha value is -1.47. The molecular weight excluding hydrogens is 306 g/mol. The van der Waals surface area contributed by atoms with Crippen LogP contribution in [0.4, 0.5) is 0 Å². The lowest BCUT2D eigenvalue weighted by Crippen LogP contribution is -2.36. The summed E-state index contributed by atoms with van der Waals surface area (Å²) in [4.78, 5) is 31.4. The first kappa shape index (κ1) is 15.9. The van der Waals surface area contributed by atoms with E-state index < -0.39 is 0 Å². The molecule has 1 amide bonds. The van der Waals surface area contributed by atoms with Gasteiger partial charge in [0.25, 0.3) is 5.56 Å². The lowest BCUT2D eigenvalue weighted by Gasteiger charge is -2.19. The van der Waals surface area contributed by atoms with E-state index in [4.69, 9.17) is 12.2 Å². The molecule has 7 heteroatoms. The van der Waals surface area contributed by atoms with E-state index in [-0.39, 0.29) is 18.0 Å². The average Bonchev–Trinajstić information content (AvgIpc) is 2.88. The summed E-state index contributed by atoms with van der Waals surface area (Å²) in [7, 11) is 0.